The van der Waals surface area contributed by atoms with Crippen molar-refractivity contribution in [1.82, 2.24) is 5.32 Å². The minimum absolute atomic E-state index is 0.0264. The molecular weight excluding hydrogens is 310 g/mol. The van der Waals surface area contributed by atoms with Gasteiger partial charge in [0.15, 0.2) is 9.84 Å². The van der Waals surface area contributed by atoms with Crippen LogP contribution in [0.4, 0.5) is 0 Å². The quantitative estimate of drug-likeness (QED) is 0.914. The monoisotopic (exact) mass is 331 g/mol. The molecule has 1 atom stereocenters. The van der Waals surface area contributed by atoms with Crippen molar-refractivity contribution in [2.24, 2.45) is 0 Å². The highest BCUT2D eigenvalue weighted by Crippen LogP contribution is 2.25. The fourth-order valence-electron chi connectivity index (χ4n) is 2.80. The second kappa shape index (κ2) is 7.15. The molecule has 1 heterocycles. The SMILES string of the molecule is O=S1(=O)CCC[C@H](NCc2ccccc2Oc2ccccc2)C1. The Morgan fingerprint density at radius 1 is 1.04 bits per heavy atom. The van der Waals surface area contributed by atoms with E-state index in [4.69, 9.17) is 4.74 Å². The number of ether oxygens (including phenoxy) is 1. The highest BCUT2D eigenvalue weighted by Gasteiger charge is 2.24. The Labute approximate surface area is 137 Å². The van der Waals surface area contributed by atoms with Gasteiger partial charge in [-0.2, -0.15) is 0 Å². The van der Waals surface area contributed by atoms with E-state index in [2.05, 4.69) is 5.32 Å². The molecule has 4 nitrogen and oxygen atoms in total. The van der Waals surface area contributed by atoms with Crippen molar-refractivity contribution < 1.29 is 13.2 Å². The standard InChI is InChI=1S/C18H21NO3S/c20-23(21)12-6-8-16(14-23)19-13-15-7-4-5-11-18(15)22-17-9-2-1-3-10-17/h1-5,7,9-11,16,19H,6,8,12-14H2/t16-/m0/s1. The van der Waals surface area contributed by atoms with Crippen LogP contribution in [0.5, 0.6) is 11.5 Å². The molecule has 1 N–H and O–H groups in total. The van der Waals surface area contributed by atoms with E-state index in [1.54, 1.807) is 0 Å². The summed E-state index contributed by atoms with van der Waals surface area (Å²) in [6, 6.07) is 17.5. The van der Waals surface area contributed by atoms with Crippen LogP contribution in [-0.4, -0.2) is 26.0 Å². The number of hydrogen-bond acceptors (Lipinski definition) is 4. The van der Waals surface area contributed by atoms with Crippen LogP contribution >= 0.6 is 0 Å². The third-order valence-electron chi connectivity index (χ3n) is 3.99. The predicted octanol–water partition coefficient (Wildman–Crippen LogP) is 3.15. The Morgan fingerprint density at radius 3 is 2.57 bits per heavy atom. The Kier molecular flexibility index (Phi) is 4.98. The van der Waals surface area contributed by atoms with E-state index >= 15 is 0 Å². The largest absolute Gasteiger partial charge is 0.457 e. The summed E-state index contributed by atoms with van der Waals surface area (Å²) in [5.41, 5.74) is 1.03. The van der Waals surface area contributed by atoms with Gasteiger partial charge in [-0.15, -0.1) is 0 Å². The average molecular weight is 331 g/mol. The van der Waals surface area contributed by atoms with Gasteiger partial charge in [-0.25, -0.2) is 8.42 Å². The van der Waals surface area contributed by atoms with E-state index in [0.29, 0.717) is 12.3 Å². The Bertz CT molecular complexity index is 744. The van der Waals surface area contributed by atoms with Gasteiger partial charge in [0, 0.05) is 18.2 Å². The molecule has 0 saturated carbocycles. The number of hydrogen-bond donors (Lipinski definition) is 1. The number of sulfone groups is 1. The highest BCUT2D eigenvalue weighted by molar-refractivity contribution is 7.91. The maximum absolute atomic E-state index is 11.7. The van der Waals surface area contributed by atoms with Gasteiger partial charge in [-0.1, -0.05) is 36.4 Å². The summed E-state index contributed by atoms with van der Waals surface area (Å²) in [6.45, 7) is 0.600. The minimum Gasteiger partial charge on any atom is -0.457 e. The molecule has 0 unspecified atom stereocenters. The number of rotatable bonds is 5. The zero-order valence-corrected chi connectivity index (χ0v) is 13.8. The van der Waals surface area contributed by atoms with Gasteiger partial charge < -0.3 is 10.1 Å². The van der Waals surface area contributed by atoms with Crippen molar-refractivity contribution in [3.05, 3.63) is 60.2 Å². The number of para-hydroxylation sites is 2. The summed E-state index contributed by atoms with van der Waals surface area (Å²) in [5.74, 6) is 2.14. The summed E-state index contributed by atoms with van der Waals surface area (Å²) in [6.07, 6.45) is 1.64. The molecule has 0 amide bonds. The minimum atomic E-state index is -2.89. The fraction of sp³-hybridized carbons (Fsp3) is 0.333. The van der Waals surface area contributed by atoms with Crippen LogP contribution in [0.2, 0.25) is 0 Å². The van der Waals surface area contributed by atoms with Crippen LogP contribution in [0.25, 0.3) is 0 Å². The van der Waals surface area contributed by atoms with Crippen LogP contribution < -0.4 is 10.1 Å². The number of benzene rings is 2. The molecule has 1 fully saturated rings. The van der Waals surface area contributed by atoms with Gasteiger partial charge in [-0.05, 0) is 31.0 Å². The summed E-state index contributed by atoms with van der Waals surface area (Å²) in [4.78, 5) is 0. The second-order valence-corrected chi connectivity index (χ2v) is 8.09. The first-order valence-electron chi connectivity index (χ1n) is 7.87. The van der Waals surface area contributed by atoms with Gasteiger partial charge in [0.2, 0.25) is 0 Å². The molecule has 0 bridgehead atoms. The van der Waals surface area contributed by atoms with Crippen molar-refractivity contribution in [2.75, 3.05) is 11.5 Å². The van der Waals surface area contributed by atoms with Gasteiger partial charge in [0.25, 0.3) is 0 Å². The average Bonchev–Trinajstić information content (AvgIpc) is 2.54. The summed E-state index contributed by atoms with van der Waals surface area (Å²) in [7, 11) is -2.89. The lowest BCUT2D eigenvalue weighted by atomic mass is 10.1. The van der Waals surface area contributed by atoms with Crippen LogP contribution in [0.1, 0.15) is 18.4 Å². The van der Waals surface area contributed by atoms with Crippen LogP contribution in [-0.2, 0) is 16.4 Å². The lowest BCUT2D eigenvalue weighted by Gasteiger charge is -2.23. The third-order valence-corrected chi connectivity index (χ3v) is 5.81. The van der Waals surface area contributed by atoms with Crippen molar-refractivity contribution in [2.45, 2.75) is 25.4 Å². The maximum Gasteiger partial charge on any atom is 0.151 e. The van der Waals surface area contributed by atoms with Crippen LogP contribution in [0.3, 0.4) is 0 Å². The Balaban J connectivity index is 1.66. The highest BCUT2D eigenvalue weighted by atomic mass is 32.2. The van der Waals surface area contributed by atoms with Gasteiger partial charge >= 0.3 is 0 Å². The second-order valence-electron chi connectivity index (χ2n) is 5.86. The lowest BCUT2D eigenvalue weighted by Crippen LogP contribution is -2.39. The molecule has 3 rings (SSSR count). The van der Waals surface area contributed by atoms with E-state index in [1.807, 2.05) is 54.6 Å². The molecule has 0 radical (unpaired) electrons. The molecule has 1 aliphatic heterocycles. The molecule has 0 aliphatic carbocycles. The van der Waals surface area contributed by atoms with E-state index in [9.17, 15) is 8.42 Å². The van der Waals surface area contributed by atoms with Gasteiger partial charge in [-0.3, -0.25) is 0 Å². The molecule has 0 aromatic heterocycles. The molecule has 122 valence electrons. The molecule has 2 aromatic rings. The zero-order valence-electron chi connectivity index (χ0n) is 12.9. The molecule has 5 heteroatoms. The first kappa shape index (κ1) is 16.0. The third kappa shape index (κ3) is 4.56. The van der Waals surface area contributed by atoms with Crippen LogP contribution in [0, 0.1) is 0 Å². The first-order chi connectivity index (χ1) is 11.1. The van der Waals surface area contributed by atoms with Crippen molar-refractivity contribution in [3.8, 4) is 11.5 Å². The van der Waals surface area contributed by atoms with Gasteiger partial charge in [0.05, 0.1) is 11.5 Å². The maximum atomic E-state index is 11.7. The first-order valence-corrected chi connectivity index (χ1v) is 9.69. The zero-order chi connectivity index (χ0) is 16.1. The normalized spacial score (nSPS) is 20.1. The van der Waals surface area contributed by atoms with E-state index < -0.39 is 9.84 Å². The van der Waals surface area contributed by atoms with Crippen molar-refractivity contribution >= 4 is 9.84 Å². The smallest absolute Gasteiger partial charge is 0.151 e. The van der Waals surface area contributed by atoms with Crippen LogP contribution in [0.15, 0.2) is 54.6 Å². The summed E-state index contributed by atoms with van der Waals surface area (Å²) in [5, 5.41) is 3.36. The van der Waals surface area contributed by atoms with E-state index in [1.165, 1.54) is 0 Å². The van der Waals surface area contributed by atoms with E-state index in [0.717, 1.165) is 29.9 Å². The molecular formula is C18H21NO3S. The predicted molar refractivity (Wildman–Crippen MR) is 91.5 cm³/mol. The summed E-state index contributed by atoms with van der Waals surface area (Å²) < 4.78 is 29.4. The topological polar surface area (TPSA) is 55.4 Å². The molecule has 23 heavy (non-hydrogen) atoms. The summed E-state index contributed by atoms with van der Waals surface area (Å²) >= 11 is 0. The van der Waals surface area contributed by atoms with Crippen molar-refractivity contribution in [1.29, 1.82) is 0 Å². The molecule has 2 aromatic carbocycles. The van der Waals surface area contributed by atoms with E-state index in [-0.39, 0.29) is 11.8 Å². The lowest BCUT2D eigenvalue weighted by molar-refractivity contribution is 0.455. The molecule has 0 spiro atoms. The van der Waals surface area contributed by atoms with Gasteiger partial charge in [0.1, 0.15) is 11.5 Å². The Hall–Kier alpha value is -1.85. The number of nitrogens with one attached hydrogen (secondary N) is 1. The Morgan fingerprint density at radius 2 is 1.78 bits per heavy atom. The fourth-order valence-corrected chi connectivity index (χ4v) is 4.47. The molecule has 1 saturated heterocycles. The molecule has 1 aliphatic rings. The van der Waals surface area contributed by atoms with Crippen molar-refractivity contribution in [3.63, 3.8) is 0 Å².